The third-order valence-electron chi connectivity index (χ3n) is 2.17. The molecule has 1 rings (SSSR count). The molecule has 0 bridgehead atoms. The molecular weight excluding hydrogens is 228 g/mol. The van der Waals surface area contributed by atoms with E-state index in [9.17, 15) is 8.78 Å². The summed E-state index contributed by atoms with van der Waals surface area (Å²) in [5.74, 6) is 0. The highest BCUT2D eigenvalue weighted by Gasteiger charge is 2.14. The van der Waals surface area contributed by atoms with Crippen LogP contribution in [0.1, 0.15) is 30.1 Å². The van der Waals surface area contributed by atoms with E-state index in [1.54, 1.807) is 6.07 Å². The number of rotatable bonds is 6. The van der Waals surface area contributed by atoms with Crippen LogP contribution in [0.5, 0.6) is 0 Å². The van der Waals surface area contributed by atoms with Gasteiger partial charge < -0.3 is 9.84 Å². The third kappa shape index (κ3) is 4.10. The lowest BCUT2D eigenvalue weighted by Crippen LogP contribution is -2.05. The first-order chi connectivity index (χ1) is 8.19. The van der Waals surface area contributed by atoms with Gasteiger partial charge in [-0.2, -0.15) is 5.26 Å². The van der Waals surface area contributed by atoms with Gasteiger partial charge in [0.1, 0.15) is 0 Å². The number of benzene rings is 1. The molecule has 0 aromatic heterocycles. The average Bonchev–Trinajstić information content (AvgIpc) is 2.35. The molecule has 1 unspecified atom stereocenters. The second-order valence-corrected chi connectivity index (χ2v) is 3.43. The zero-order chi connectivity index (χ0) is 12.7. The van der Waals surface area contributed by atoms with Crippen LogP contribution in [0.3, 0.4) is 0 Å². The van der Waals surface area contributed by atoms with Crippen molar-refractivity contribution in [1.82, 2.24) is 0 Å². The molecule has 0 aliphatic heterocycles. The zero-order valence-corrected chi connectivity index (χ0v) is 9.14. The maximum atomic E-state index is 12.5. The van der Waals surface area contributed by atoms with Crippen LogP contribution in [0.2, 0.25) is 0 Å². The molecule has 3 nitrogen and oxygen atoms in total. The Labute approximate surface area is 98.3 Å². The lowest BCUT2D eigenvalue weighted by Gasteiger charge is -2.11. The summed E-state index contributed by atoms with van der Waals surface area (Å²) >= 11 is 0. The van der Waals surface area contributed by atoms with E-state index in [1.165, 1.54) is 18.2 Å². The molecule has 92 valence electrons. The Morgan fingerprint density at radius 1 is 1.35 bits per heavy atom. The highest BCUT2D eigenvalue weighted by atomic mass is 19.3. The van der Waals surface area contributed by atoms with E-state index in [1.807, 2.05) is 6.07 Å². The smallest absolute Gasteiger partial charge is 0.263 e. The molecule has 1 atom stereocenters. The molecule has 0 radical (unpaired) electrons. The van der Waals surface area contributed by atoms with Crippen molar-refractivity contribution in [2.45, 2.75) is 19.0 Å². The summed E-state index contributed by atoms with van der Waals surface area (Å²) in [6, 6.07) is 7.49. The molecule has 0 heterocycles. The molecule has 0 aliphatic carbocycles. The molecule has 1 aromatic rings. The maximum absolute atomic E-state index is 12.5. The Kier molecular flexibility index (Phi) is 5.53. The van der Waals surface area contributed by atoms with Gasteiger partial charge in [0.15, 0.2) is 6.10 Å². The summed E-state index contributed by atoms with van der Waals surface area (Å²) in [7, 11) is 0. The molecule has 5 heteroatoms. The van der Waals surface area contributed by atoms with Gasteiger partial charge in [0.25, 0.3) is 6.43 Å². The van der Waals surface area contributed by atoms with Gasteiger partial charge >= 0.3 is 0 Å². The van der Waals surface area contributed by atoms with Crippen LogP contribution in [0.15, 0.2) is 24.3 Å². The Morgan fingerprint density at radius 2 is 2.06 bits per heavy atom. The fraction of sp³-hybridized carbons (Fsp3) is 0.417. The second kappa shape index (κ2) is 6.94. The lowest BCUT2D eigenvalue weighted by molar-refractivity contribution is 0.0770. The van der Waals surface area contributed by atoms with Crippen LogP contribution in [0, 0.1) is 11.3 Å². The predicted molar refractivity (Wildman–Crippen MR) is 57.4 cm³/mol. The standard InChI is InChI=1S/C12H13F2NO2/c13-12(14)10-4-1-3-9(7-10)11(8-15)17-6-2-5-16/h1,3-4,7,11-12,16H,2,5-6H2. The van der Waals surface area contributed by atoms with Crippen LogP contribution in [0.25, 0.3) is 0 Å². The zero-order valence-electron chi connectivity index (χ0n) is 9.14. The number of aliphatic hydroxyl groups excluding tert-OH is 1. The minimum absolute atomic E-state index is 0.0325. The number of hydrogen-bond acceptors (Lipinski definition) is 3. The summed E-state index contributed by atoms with van der Waals surface area (Å²) in [6.07, 6.45) is -3.03. The molecule has 0 saturated carbocycles. The molecule has 1 N–H and O–H groups in total. The number of alkyl halides is 2. The second-order valence-electron chi connectivity index (χ2n) is 3.43. The number of nitriles is 1. The van der Waals surface area contributed by atoms with E-state index in [2.05, 4.69) is 0 Å². The largest absolute Gasteiger partial charge is 0.396 e. The molecule has 0 aliphatic rings. The van der Waals surface area contributed by atoms with Crippen LogP contribution in [-0.2, 0) is 4.74 Å². The fourth-order valence-electron chi connectivity index (χ4n) is 1.33. The predicted octanol–water partition coefficient (Wildman–Crippen LogP) is 2.59. The molecule has 0 amide bonds. The number of hydrogen-bond donors (Lipinski definition) is 1. The van der Waals surface area contributed by atoms with Crippen LogP contribution < -0.4 is 0 Å². The molecule has 0 fully saturated rings. The first-order valence-corrected chi connectivity index (χ1v) is 5.19. The summed E-state index contributed by atoms with van der Waals surface area (Å²) < 4.78 is 30.1. The van der Waals surface area contributed by atoms with Crippen molar-refractivity contribution in [2.75, 3.05) is 13.2 Å². The number of nitrogens with zero attached hydrogens (tertiary/aromatic N) is 1. The van der Waals surface area contributed by atoms with Gasteiger partial charge in [-0.05, 0) is 18.1 Å². The van der Waals surface area contributed by atoms with Gasteiger partial charge in [0, 0.05) is 12.2 Å². The Balaban J connectivity index is 2.74. The summed E-state index contributed by atoms with van der Waals surface area (Å²) in [6.45, 7) is 0.183. The fourth-order valence-corrected chi connectivity index (χ4v) is 1.33. The summed E-state index contributed by atoms with van der Waals surface area (Å²) in [5.41, 5.74) is 0.275. The van der Waals surface area contributed by atoms with Gasteiger partial charge in [-0.3, -0.25) is 0 Å². The summed E-state index contributed by atoms with van der Waals surface area (Å²) in [5, 5.41) is 17.5. The third-order valence-corrected chi connectivity index (χ3v) is 2.17. The van der Waals surface area contributed by atoms with E-state index in [-0.39, 0.29) is 18.8 Å². The Bertz CT molecular complexity index is 390. The highest BCUT2D eigenvalue weighted by molar-refractivity contribution is 5.28. The van der Waals surface area contributed by atoms with Crippen LogP contribution >= 0.6 is 0 Å². The molecular formula is C12H13F2NO2. The van der Waals surface area contributed by atoms with Gasteiger partial charge in [0.2, 0.25) is 0 Å². The van der Waals surface area contributed by atoms with Crippen LogP contribution in [-0.4, -0.2) is 18.3 Å². The average molecular weight is 241 g/mol. The van der Waals surface area contributed by atoms with Crippen molar-refractivity contribution in [3.63, 3.8) is 0 Å². The Morgan fingerprint density at radius 3 is 2.65 bits per heavy atom. The van der Waals surface area contributed by atoms with Crippen molar-refractivity contribution in [2.24, 2.45) is 0 Å². The molecule has 0 saturated heterocycles. The van der Waals surface area contributed by atoms with Gasteiger partial charge in [-0.15, -0.1) is 0 Å². The van der Waals surface area contributed by atoms with E-state index in [4.69, 9.17) is 15.1 Å². The van der Waals surface area contributed by atoms with Gasteiger partial charge in [-0.25, -0.2) is 8.78 Å². The SMILES string of the molecule is N#CC(OCCCO)c1cccc(C(F)F)c1. The van der Waals surface area contributed by atoms with Crippen molar-refractivity contribution in [1.29, 1.82) is 5.26 Å². The number of ether oxygens (including phenoxy) is 1. The van der Waals surface area contributed by atoms with Crippen molar-refractivity contribution >= 4 is 0 Å². The number of halogens is 2. The minimum Gasteiger partial charge on any atom is -0.396 e. The first-order valence-electron chi connectivity index (χ1n) is 5.19. The first kappa shape index (κ1) is 13.6. The molecule has 17 heavy (non-hydrogen) atoms. The quantitative estimate of drug-likeness (QED) is 0.779. The number of aliphatic hydroxyl groups is 1. The van der Waals surface area contributed by atoms with E-state index < -0.39 is 12.5 Å². The lowest BCUT2D eigenvalue weighted by atomic mass is 10.1. The maximum Gasteiger partial charge on any atom is 0.263 e. The van der Waals surface area contributed by atoms with Gasteiger partial charge in [0.05, 0.1) is 12.7 Å². The van der Waals surface area contributed by atoms with E-state index in [0.717, 1.165) is 0 Å². The minimum atomic E-state index is -2.56. The van der Waals surface area contributed by atoms with E-state index in [0.29, 0.717) is 12.0 Å². The monoisotopic (exact) mass is 241 g/mol. The summed E-state index contributed by atoms with van der Waals surface area (Å²) in [4.78, 5) is 0. The topological polar surface area (TPSA) is 53.2 Å². The van der Waals surface area contributed by atoms with Crippen molar-refractivity contribution in [3.8, 4) is 6.07 Å². The van der Waals surface area contributed by atoms with Crippen molar-refractivity contribution < 1.29 is 18.6 Å². The normalized spacial score (nSPS) is 12.4. The highest BCUT2D eigenvalue weighted by Crippen LogP contribution is 2.24. The molecule has 1 aromatic carbocycles. The van der Waals surface area contributed by atoms with E-state index >= 15 is 0 Å². The van der Waals surface area contributed by atoms with Crippen LogP contribution in [0.4, 0.5) is 8.78 Å². The Hall–Kier alpha value is -1.51. The van der Waals surface area contributed by atoms with Crippen molar-refractivity contribution in [3.05, 3.63) is 35.4 Å². The van der Waals surface area contributed by atoms with Gasteiger partial charge in [-0.1, -0.05) is 18.2 Å². The molecule has 0 spiro atoms.